The van der Waals surface area contributed by atoms with Gasteiger partial charge in [-0.25, -0.2) is 0 Å². The van der Waals surface area contributed by atoms with Gasteiger partial charge in [-0.3, -0.25) is 4.79 Å². The van der Waals surface area contributed by atoms with E-state index in [4.69, 9.17) is 15.2 Å². The van der Waals surface area contributed by atoms with E-state index < -0.39 is 6.04 Å². The van der Waals surface area contributed by atoms with E-state index in [1.807, 2.05) is 13.0 Å². The van der Waals surface area contributed by atoms with Gasteiger partial charge in [-0.1, -0.05) is 44.2 Å². The van der Waals surface area contributed by atoms with E-state index in [1.165, 1.54) is 5.56 Å². The van der Waals surface area contributed by atoms with E-state index in [-0.39, 0.29) is 30.0 Å². The molecule has 1 aromatic carbocycles. The molecular weight excluding hydrogens is 278 g/mol. The van der Waals surface area contributed by atoms with Gasteiger partial charge in [-0.05, 0) is 36.7 Å². The molecule has 1 aliphatic rings. The number of esters is 1. The lowest BCUT2D eigenvalue weighted by Gasteiger charge is -2.33. The second-order valence-corrected chi connectivity index (χ2v) is 6.83. The van der Waals surface area contributed by atoms with Gasteiger partial charge < -0.3 is 15.2 Å². The van der Waals surface area contributed by atoms with Crippen LogP contribution in [0.3, 0.4) is 0 Å². The zero-order chi connectivity index (χ0) is 16.2. The van der Waals surface area contributed by atoms with Crippen molar-refractivity contribution in [2.45, 2.75) is 51.2 Å². The van der Waals surface area contributed by atoms with Crippen LogP contribution in [0.25, 0.3) is 0 Å². The quantitative estimate of drug-likeness (QED) is 0.872. The minimum absolute atomic E-state index is 0.0166. The molecule has 3 atom stereocenters. The summed E-state index contributed by atoms with van der Waals surface area (Å²) < 4.78 is 11.0. The maximum Gasteiger partial charge on any atom is 0.325 e. The van der Waals surface area contributed by atoms with Gasteiger partial charge in [-0.2, -0.15) is 0 Å². The summed E-state index contributed by atoms with van der Waals surface area (Å²) in [5, 5.41) is 0. The lowest BCUT2D eigenvalue weighted by molar-refractivity contribution is -0.152. The summed E-state index contributed by atoms with van der Waals surface area (Å²) in [5.41, 5.74) is 7.06. The monoisotopic (exact) mass is 305 g/mol. The normalized spacial score (nSPS) is 27.5. The van der Waals surface area contributed by atoms with Gasteiger partial charge in [0.25, 0.3) is 0 Å². The molecule has 1 saturated heterocycles. The topological polar surface area (TPSA) is 61.5 Å². The Balaban J connectivity index is 2.10. The molecule has 0 amide bonds. The number of ether oxygens (including phenoxy) is 2. The highest BCUT2D eigenvalue weighted by Gasteiger charge is 2.32. The summed E-state index contributed by atoms with van der Waals surface area (Å²) in [6, 6.07) is 9.77. The average molecular weight is 305 g/mol. The van der Waals surface area contributed by atoms with Crippen LogP contribution in [0.5, 0.6) is 0 Å². The maximum atomic E-state index is 11.9. The molecule has 2 N–H and O–H groups in total. The molecular formula is C18H27NO3. The van der Waals surface area contributed by atoms with Crippen molar-refractivity contribution in [3.05, 3.63) is 35.9 Å². The molecule has 1 heterocycles. The first kappa shape index (κ1) is 17.0. The Morgan fingerprint density at radius 2 is 1.95 bits per heavy atom. The van der Waals surface area contributed by atoms with Crippen LogP contribution >= 0.6 is 0 Å². The van der Waals surface area contributed by atoms with Gasteiger partial charge in [0.05, 0.1) is 6.61 Å². The van der Waals surface area contributed by atoms with Crippen molar-refractivity contribution in [3.63, 3.8) is 0 Å². The van der Waals surface area contributed by atoms with E-state index in [0.717, 1.165) is 12.8 Å². The highest BCUT2D eigenvalue weighted by molar-refractivity contribution is 5.75. The molecule has 1 fully saturated rings. The Morgan fingerprint density at radius 3 is 2.64 bits per heavy atom. The first-order valence-corrected chi connectivity index (χ1v) is 7.99. The van der Waals surface area contributed by atoms with E-state index in [2.05, 4.69) is 38.1 Å². The van der Waals surface area contributed by atoms with Gasteiger partial charge in [0.2, 0.25) is 0 Å². The lowest BCUT2D eigenvalue weighted by Crippen LogP contribution is -2.38. The van der Waals surface area contributed by atoms with Crippen LogP contribution < -0.4 is 5.73 Å². The molecule has 2 rings (SSSR count). The summed E-state index contributed by atoms with van der Waals surface area (Å²) in [4.78, 5) is 11.9. The number of carbonyl (C=O) groups is 1. The first-order chi connectivity index (χ1) is 10.4. The molecule has 0 bridgehead atoms. The molecule has 4 nitrogen and oxygen atoms in total. The average Bonchev–Trinajstić information content (AvgIpc) is 2.54. The molecule has 22 heavy (non-hydrogen) atoms. The zero-order valence-electron chi connectivity index (χ0n) is 13.7. The Morgan fingerprint density at radius 1 is 1.27 bits per heavy atom. The van der Waals surface area contributed by atoms with Crippen LogP contribution in [-0.4, -0.2) is 31.3 Å². The van der Waals surface area contributed by atoms with E-state index in [9.17, 15) is 4.79 Å². The Hall–Kier alpha value is -1.39. The van der Waals surface area contributed by atoms with E-state index >= 15 is 0 Å². The molecule has 1 aromatic rings. The van der Waals surface area contributed by atoms with Crippen molar-refractivity contribution in [3.8, 4) is 0 Å². The van der Waals surface area contributed by atoms with Crippen molar-refractivity contribution >= 4 is 5.97 Å². The Labute approximate surface area is 133 Å². The number of cyclic esters (lactones) is 1. The minimum atomic E-state index is -0.677. The molecule has 122 valence electrons. The lowest BCUT2D eigenvalue weighted by atomic mass is 9.75. The molecule has 0 radical (unpaired) electrons. The van der Waals surface area contributed by atoms with Crippen LogP contribution in [0, 0.1) is 5.92 Å². The summed E-state index contributed by atoms with van der Waals surface area (Å²) in [5.74, 6) is -0.110. The number of benzene rings is 1. The summed E-state index contributed by atoms with van der Waals surface area (Å²) >= 11 is 0. The molecule has 0 unspecified atom stereocenters. The zero-order valence-corrected chi connectivity index (χ0v) is 13.7. The van der Waals surface area contributed by atoms with E-state index in [0.29, 0.717) is 6.61 Å². The Bertz CT molecular complexity index is 486. The minimum Gasteiger partial charge on any atom is -0.461 e. The van der Waals surface area contributed by atoms with Crippen molar-refractivity contribution in [1.82, 2.24) is 0 Å². The summed E-state index contributed by atoms with van der Waals surface area (Å²) in [6.07, 6.45) is 1.66. The number of nitrogens with two attached hydrogens (primary N) is 1. The van der Waals surface area contributed by atoms with Crippen molar-refractivity contribution in [2.75, 3.05) is 13.2 Å². The fraction of sp³-hybridized carbons (Fsp3) is 0.611. The largest absolute Gasteiger partial charge is 0.461 e. The molecule has 0 saturated carbocycles. The third-order valence-electron chi connectivity index (χ3n) is 4.53. The number of hydrogen-bond acceptors (Lipinski definition) is 4. The third-order valence-corrected chi connectivity index (χ3v) is 4.53. The van der Waals surface area contributed by atoms with Crippen LogP contribution in [0.2, 0.25) is 0 Å². The van der Waals surface area contributed by atoms with Crippen LogP contribution in [0.4, 0.5) is 0 Å². The van der Waals surface area contributed by atoms with Crippen LogP contribution in [0.1, 0.15) is 39.2 Å². The van der Waals surface area contributed by atoms with E-state index in [1.54, 1.807) is 0 Å². The maximum absolute atomic E-state index is 11.9. The fourth-order valence-electron chi connectivity index (χ4n) is 3.05. The number of hydrogen-bond donors (Lipinski definition) is 1. The second kappa shape index (κ2) is 7.25. The SMILES string of the molecule is C[C@@H]1OC(=O)[C@@H](N)COCC[C@H]1CC(C)(C)c1ccccc1. The molecule has 0 aromatic heterocycles. The molecule has 4 heteroatoms. The van der Waals surface area contributed by atoms with Crippen molar-refractivity contribution in [1.29, 1.82) is 0 Å². The van der Waals surface area contributed by atoms with Crippen LogP contribution in [-0.2, 0) is 19.7 Å². The van der Waals surface area contributed by atoms with Gasteiger partial charge in [0, 0.05) is 6.61 Å². The molecule has 0 spiro atoms. The van der Waals surface area contributed by atoms with Gasteiger partial charge in [-0.15, -0.1) is 0 Å². The van der Waals surface area contributed by atoms with Crippen molar-refractivity contribution < 1.29 is 14.3 Å². The number of carbonyl (C=O) groups excluding carboxylic acids is 1. The van der Waals surface area contributed by atoms with Gasteiger partial charge in [0.1, 0.15) is 12.1 Å². The summed E-state index contributed by atoms with van der Waals surface area (Å²) in [7, 11) is 0. The van der Waals surface area contributed by atoms with Crippen LogP contribution in [0.15, 0.2) is 30.3 Å². The highest BCUT2D eigenvalue weighted by Crippen LogP contribution is 2.34. The highest BCUT2D eigenvalue weighted by atomic mass is 16.5. The predicted molar refractivity (Wildman–Crippen MR) is 86.5 cm³/mol. The number of rotatable bonds is 3. The van der Waals surface area contributed by atoms with Gasteiger partial charge >= 0.3 is 5.97 Å². The van der Waals surface area contributed by atoms with Gasteiger partial charge in [0.15, 0.2) is 0 Å². The second-order valence-electron chi connectivity index (χ2n) is 6.83. The third kappa shape index (κ3) is 4.31. The first-order valence-electron chi connectivity index (χ1n) is 7.99. The summed E-state index contributed by atoms with van der Waals surface area (Å²) in [6.45, 7) is 7.28. The molecule has 1 aliphatic heterocycles. The Kier molecular flexibility index (Phi) is 5.59. The van der Waals surface area contributed by atoms with Crippen molar-refractivity contribution in [2.24, 2.45) is 11.7 Å². The molecule has 0 aliphatic carbocycles. The predicted octanol–water partition coefficient (Wildman–Crippen LogP) is 2.65. The fourth-order valence-corrected chi connectivity index (χ4v) is 3.05. The standard InChI is InChI=1S/C18H27NO3/c1-13-14(9-10-21-12-16(19)17(20)22-13)11-18(2,3)15-7-5-4-6-8-15/h4-8,13-14,16H,9-12,19H2,1-3H3/t13-,14-,16-/m0/s1. The smallest absolute Gasteiger partial charge is 0.325 e.